The lowest BCUT2D eigenvalue weighted by Gasteiger charge is -2.11. The van der Waals surface area contributed by atoms with E-state index in [1.54, 1.807) is 13.8 Å². The minimum atomic E-state index is -1.07. The zero-order valence-corrected chi connectivity index (χ0v) is 17.0. The Labute approximate surface area is 169 Å². The minimum absolute atomic E-state index is 0.712. The fourth-order valence-electron chi connectivity index (χ4n) is 2.75. The van der Waals surface area contributed by atoms with Gasteiger partial charge in [0, 0.05) is 15.3 Å². The van der Waals surface area contributed by atoms with Crippen molar-refractivity contribution in [2.75, 3.05) is 0 Å². The van der Waals surface area contributed by atoms with E-state index in [9.17, 15) is 15.3 Å². The molecule has 0 radical (unpaired) electrons. The van der Waals surface area contributed by atoms with Gasteiger partial charge in [-0.25, -0.2) is 0 Å². The Morgan fingerprint density at radius 2 is 1.46 bits per heavy atom. The number of aliphatic hydroxyl groups excluding tert-OH is 2. The van der Waals surface area contributed by atoms with E-state index in [1.807, 2.05) is 67.6 Å². The summed E-state index contributed by atoms with van der Waals surface area (Å²) in [5.74, 6) is 5.71. The highest BCUT2D eigenvalue weighted by molar-refractivity contribution is 7.12. The molecule has 3 rings (SSSR count). The first-order valence-corrected chi connectivity index (χ1v) is 9.92. The van der Waals surface area contributed by atoms with Crippen molar-refractivity contribution in [2.24, 2.45) is 0 Å². The molecule has 1 heterocycles. The van der Waals surface area contributed by atoms with Gasteiger partial charge in [0.1, 0.15) is 17.8 Å². The molecule has 0 amide bonds. The van der Waals surface area contributed by atoms with Crippen LogP contribution in [0.2, 0.25) is 0 Å². The summed E-state index contributed by atoms with van der Waals surface area (Å²) >= 11 is 1.39. The summed E-state index contributed by atoms with van der Waals surface area (Å²) < 4.78 is 0. The van der Waals surface area contributed by atoms with Crippen LogP contribution in [-0.4, -0.2) is 20.9 Å². The molecule has 0 fully saturated rings. The van der Waals surface area contributed by atoms with Gasteiger partial charge in [0.25, 0.3) is 0 Å². The third-order valence-electron chi connectivity index (χ3n) is 4.29. The Bertz CT molecular complexity index is 1000. The van der Waals surface area contributed by atoms with E-state index in [2.05, 4.69) is 11.8 Å². The number of thiophene rings is 1. The zero-order chi connectivity index (χ0) is 20.3. The second kappa shape index (κ2) is 8.30. The van der Waals surface area contributed by atoms with Gasteiger partial charge in [-0.15, -0.1) is 11.3 Å². The van der Waals surface area contributed by atoms with Crippen molar-refractivity contribution in [3.63, 3.8) is 0 Å². The van der Waals surface area contributed by atoms with Crippen LogP contribution in [0, 0.1) is 18.8 Å². The molecule has 0 aliphatic rings. The number of aryl methyl sites for hydroxylation is 1. The number of rotatable bonds is 4. The summed E-state index contributed by atoms with van der Waals surface area (Å²) in [6, 6.07) is 18.8. The topological polar surface area (TPSA) is 60.7 Å². The first kappa shape index (κ1) is 20.3. The molecule has 4 heteroatoms. The Morgan fingerprint density at radius 3 is 2.07 bits per heavy atom. The van der Waals surface area contributed by atoms with E-state index in [-0.39, 0.29) is 0 Å². The van der Waals surface area contributed by atoms with E-state index in [0.717, 1.165) is 32.0 Å². The Balaban J connectivity index is 1.81. The molecule has 0 aliphatic carbocycles. The summed E-state index contributed by atoms with van der Waals surface area (Å²) in [5.41, 5.74) is 2.36. The molecule has 3 N–H and O–H groups in total. The lowest BCUT2D eigenvalue weighted by Crippen LogP contribution is -2.14. The molecule has 2 unspecified atom stereocenters. The molecule has 28 heavy (non-hydrogen) atoms. The van der Waals surface area contributed by atoms with Crippen LogP contribution in [-0.2, 0) is 0 Å². The molecule has 0 saturated carbocycles. The molecular weight excluding hydrogens is 368 g/mol. The normalized spacial score (nSPS) is 13.5. The average molecular weight is 393 g/mol. The predicted molar refractivity (Wildman–Crippen MR) is 113 cm³/mol. The third kappa shape index (κ3) is 5.09. The molecule has 0 aliphatic heterocycles. The van der Waals surface area contributed by atoms with E-state index < -0.39 is 17.8 Å². The summed E-state index contributed by atoms with van der Waals surface area (Å²) in [5, 5.41) is 31.2. The second-order valence-electron chi connectivity index (χ2n) is 7.39. The summed E-state index contributed by atoms with van der Waals surface area (Å²) in [4.78, 5) is 1.55. The van der Waals surface area contributed by atoms with Crippen molar-refractivity contribution >= 4 is 11.3 Å². The van der Waals surface area contributed by atoms with Gasteiger partial charge in [-0.1, -0.05) is 53.8 Å². The van der Waals surface area contributed by atoms with Crippen LogP contribution in [0.4, 0.5) is 0 Å². The zero-order valence-electron chi connectivity index (χ0n) is 16.2. The minimum Gasteiger partial charge on any atom is -0.383 e. The third-order valence-corrected chi connectivity index (χ3v) is 5.48. The Kier molecular flexibility index (Phi) is 6.02. The van der Waals surface area contributed by atoms with E-state index in [0.29, 0.717) is 0 Å². The van der Waals surface area contributed by atoms with Crippen LogP contribution >= 0.6 is 11.3 Å². The van der Waals surface area contributed by atoms with Crippen molar-refractivity contribution < 1.29 is 15.3 Å². The van der Waals surface area contributed by atoms with Crippen molar-refractivity contribution in [1.82, 2.24) is 0 Å². The predicted octanol–water partition coefficient (Wildman–Crippen LogP) is 4.34. The molecule has 3 nitrogen and oxygen atoms in total. The molecule has 0 bridgehead atoms. The number of hydrogen-bond donors (Lipinski definition) is 3. The summed E-state index contributed by atoms with van der Waals surface area (Å²) in [7, 11) is 0. The van der Waals surface area contributed by atoms with Gasteiger partial charge in [-0.05, 0) is 56.2 Å². The molecule has 0 spiro atoms. The number of hydrogen-bond acceptors (Lipinski definition) is 4. The monoisotopic (exact) mass is 392 g/mol. The van der Waals surface area contributed by atoms with Gasteiger partial charge in [-0.3, -0.25) is 0 Å². The van der Waals surface area contributed by atoms with Crippen LogP contribution in [0.5, 0.6) is 0 Å². The van der Waals surface area contributed by atoms with Gasteiger partial charge in [0.15, 0.2) is 0 Å². The fourth-order valence-corrected chi connectivity index (χ4v) is 3.79. The molecule has 144 valence electrons. The highest BCUT2D eigenvalue weighted by atomic mass is 32.1. The van der Waals surface area contributed by atoms with Gasteiger partial charge in [0.05, 0.1) is 0 Å². The first-order chi connectivity index (χ1) is 13.2. The maximum absolute atomic E-state index is 10.8. The molecule has 2 aromatic carbocycles. The van der Waals surface area contributed by atoms with E-state index >= 15 is 0 Å². The molecule has 2 atom stereocenters. The van der Waals surface area contributed by atoms with E-state index in [1.165, 1.54) is 11.3 Å². The van der Waals surface area contributed by atoms with Crippen LogP contribution < -0.4 is 0 Å². The molecular formula is C24H24O3S. The molecule has 0 saturated heterocycles. The first-order valence-electron chi connectivity index (χ1n) is 9.11. The highest BCUT2D eigenvalue weighted by Crippen LogP contribution is 2.34. The maximum Gasteiger partial charge on any atom is 0.120 e. The quantitative estimate of drug-likeness (QED) is 0.579. The van der Waals surface area contributed by atoms with Gasteiger partial charge < -0.3 is 15.3 Å². The Morgan fingerprint density at radius 1 is 0.857 bits per heavy atom. The lowest BCUT2D eigenvalue weighted by molar-refractivity contribution is 0.143. The highest BCUT2D eigenvalue weighted by Gasteiger charge is 2.18. The largest absolute Gasteiger partial charge is 0.383 e. The summed E-state index contributed by atoms with van der Waals surface area (Å²) in [6.45, 7) is 5.27. The van der Waals surface area contributed by atoms with Crippen LogP contribution in [0.1, 0.15) is 58.1 Å². The number of aliphatic hydroxyl groups is 3. The summed E-state index contributed by atoms with van der Waals surface area (Å²) in [6.07, 6.45) is -1.51. The average Bonchev–Trinajstić information content (AvgIpc) is 3.16. The lowest BCUT2D eigenvalue weighted by atomic mass is 10.0. The molecule has 1 aromatic heterocycles. The SMILES string of the molecule is Cc1ccc(C(O)c2ccc(C(O)c3cccc(C#CC(C)(C)O)c3)s2)cc1. The number of benzene rings is 2. The van der Waals surface area contributed by atoms with Crippen LogP contribution in [0.25, 0.3) is 0 Å². The smallest absolute Gasteiger partial charge is 0.120 e. The van der Waals surface area contributed by atoms with Crippen molar-refractivity contribution in [3.05, 3.63) is 92.7 Å². The van der Waals surface area contributed by atoms with Crippen LogP contribution in [0.15, 0.2) is 60.7 Å². The standard InChI is InChI=1S/C24H24O3S/c1-16-7-9-18(10-8-16)22(25)20-11-12-21(28-20)23(26)19-6-4-5-17(15-19)13-14-24(2,3)27/h4-12,15,22-23,25-27H,1-3H3. The van der Waals surface area contributed by atoms with Crippen molar-refractivity contribution in [2.45, 2.75) is 38.6 Å². The molecule has 3 aromatic rings. The maximum atomic E-state index is 10.8. The van der Waals surface area contributed by atoms with Crippen LogP contribution in [0.3, 0.4) is 0 Å². The van der Waals surface area contributed by atoms with Gasteiger partial charge >= 0.3 is 0 Å². The second-order valence-corrected chi connectivity index (χ2v) is 8.54. The van der Waals surface area contributed by atoms with Gasteiger partial charge in [0.2, 0.25) is 0 Å². The van der Waals surface area contributed by atoms with Gasteiger partial charge in [-0.2, -0.15) is 0 Å². The van der Waals surface area contributed by atoms with E-state index in [4.69, 9.17) is 0 Å². The fraction of sp³-hybridized carbons (Fsp3) is 0.250. The van der Waals surface area contributed by atoms with Crippen molar-refractivity contribution in [1.29, 1.82) is 0 Å². The Hall–Kier alpha value is -2.42. The van der Waals surface area contributed by atoms with Crippen molar-refractivity contribution in [3.8, 4) is 11.8 Å².